The monoisotopic (exact) mass is 335 g/mol. The lowest BCUT2D eigenvalue weighted by molar-refractivity contribution is 0.309. The summed E-state index contributed by atoms with van der Waals surface area (Å²) in [6, 6.07) is 1.53. The molecule has 0 spiro atoms. The average molecular weight is 336 g/mol. The number of hydrogen-bond acceptors (Lipinski definition) is 4. The van der Waals surface area contributed by atoms with Crippen LogP contribution < -0.4 is 4.72 Å². The molecular formula is C11H18BrN3O2S. The molecule has 0 atom stereocenters. The summed E-state index contributed by atoms with van der Waals surface area (Å²) in [6.07, 6.45) is 2.89. The second kappa shape index (κ2) is 7.18. The Balaban J connectivity index is 2.60. The smallest absolute Gasteiger partial charge is 0.242 e. The number of likely N-dealkylation sites (N-methyl/N-ethyl adjacent to an activating group) is 1. The standard InChI is InChI=1S/C11H18BrN3O2S/c1-3-15(4-2)6-5-14-18(16,17)11-7-10(12)8-13-9-11/h7-9,14H,3-6H2,1-2H3. The van der Waals surface area contributed by atoms with E-state index in [1.807, 2.05) is 0 Å². The lowest BCUT2D eigenvalue weighted by Crippen LogP contribution is -2.34. The Morgan fingerprint density at radius 3 is 2.56 bits per heavy atom. The van der Waals surface area contributed by atoms with E-state index < -0.39 is 10.0 Å². The fourth-order valence-electron chi connectivity index (χ4n) is 1.50. The third-order valence-corrected chi connectivity index (χ3v) is 4.47. The van der Waals surface area contributed by atoms with Crippen LogP contribution >= 0.6 is 15.9 Å². The molecule has 0 saturated heterocycles. The number of pyridine rings is 1. The van der Waals surface area contributed by atoms with Crippen molar-refractivity contribution in [3.63, 3.8) is 0 Å². The molecule has 0 unspecified atom stereocenters. The summed E-state index contributed by atoms with van der Waals surface area (Å²) in [5.74, 6) is 0. The number of aromatic nitrogens is 1. The van der Waals surface area contributed by atoms with E-state index in [9.17, 15) is 8.42 Å². The molecule has 1 aromatic rings. The van der Waals surface area contributed by atoms with Crippen LogP contribution in [0.15, 0.2) is 27.8 Å². The first-order valence-corrected chi connectivity index (χ1v) is 8.09. The van der Waals surface area contributed by atoms with Crippen LogP contribution in [0.4, 0.5) is 0 Å². The van der Waals surface area contributed by atoms with Crippen molar-refractivity contribution < 1.29 is 8.42 Å². The van der Waals surface area contributed by atoms with E-state index in [0.717, 1.165) is 13.1 Å². The molecule has 1 N–H and O–H groups in total. The number of halogens is 1. The van der Waals surface area contributed by atoms with Crippen LogP contribution in [-0.4, -0.2) is 44.5 Å². The number of nitrogens with one attached hydrogen (secondary N) is 1. The lowest BCUT2D eigenvalue weighted by atomic mass is 10.5. The molecule has 5 nitrogen and oxygen atoms in total. The first-order valence-electron chi connectivity index (χ1n) is 5.82. The van der Waals surface area contributed by atoms with Crippen LogP contribution in [0.1, 0.15) is 13.8 Å². The van der Waals surface area contributed by atoms with Crippen molar-refractivity contribution in [3.8, 4) is 0 Å². The van der Waals surface area contributed by atoms with Gasteiger partial charge >= 0.3 is 0 Å². The van der Waals surface area contributed by atoms with Crippen LogP contribution in [-0.2, 0) is 10.0 Å². The van der Waals surface area contributed by atoms with E-state index in [1.165, 1.54) is 12.3 Å². The summed E-state index contributed by atoms with van der Waals surface area (Å²) in [4.78, 5) is 6.18. The molecule has 0 bridgehead atoms. The third kappa shape index (κ3) is 4.64. The van der Waals surface area contributed by atoms with Gasteiger partial charge < -0.3 is 4.90 Å². The van der Waals surface area contributed by atoms with Gasteiger partial charge in [-0.15, -0.1) is 0 Å². The molecule has 1 heterocycles. The predicted molar refractivity (Wildman–Crippen MR) is 74.9 cm³/mol. The zero-order valence-corrected chi connectivity index (χ0v) is 13.0. The van der Waals surface area contributed by atoms with Crippen molar-refractivity contribution in [3.05, 3.63) is 22.9 Å². The van der Waals surface area contributed by atoms with Crippen LogP contribution in [0.5, 0.6) is 0 Å². The molecule has 7 heteroatoms. The molecule has 0 aromatic carbocycles. The predicted octanol–water partition coefficient (Wildman–Crippen LogP) is 1.46. The lowest BCUT2D eigenvalue weighted by Gasteiger charge is -2.17. The Kier molecular flexibility index (Phi) is 6.20. The molecule has 0 aliphatic carbocycles. The van der Waals surface area contributed by atoms with E-state index in [-0.39, 0.29) is 4.90 Å². The van der Waals surface area contributed by atoms with Crippen molar-refractivity contribution in [2.45, 2.75) is 18.7 Å². The summed E-state index contributed by atoms with van der Waals surface area (Å²) in [7, 11) is -3.46. The summed E-state index contributed by atoms with van der Waals surface area (Å²) >= 11 is 3.21. The third-order valence-electron chi connectivity index (χ3n) is 2.60. The highest BCUT2D eigenvalue weighted by atomic mass is 79.9. The van der Waals surface area contributed by atoms with Gasteiger partial charge in [0.25, 0.3) is 0 Å². The van der Waals surface area contributed by atoms with Gasteiger partial charge in [0.05, 0.1) is 0 Å². The maximum absolute atomic E-state index is 12.0. The summed E-state index contributed by atoms with van der Waals surface area (Å²) in [6.45, 7) is 7.03. The van der Waals surface area contributed by atoms with Crippen molar-refractivity contribution in [1.82, 2.24) is 14.6 Å². The zero-order valence-electron chi connectivity index (χ0n) is 10.6. The molecule has 0 aliphatic heterocycles. The molecule has 0 aliphatic rings. The van der Waals surface area contributed by atoms with Crippen molar-refractivity contribution in [1.29, 1.82) is 0 Å². The van der Waals surface area contributed by atoms with Crippen LogP contribution in [0.2, 0.25) is 0 Å². The van der Waals surface area contributed by atoms with Crippen LogP contribution in [0.3, 0.4) is 0 Å². The topological polar surface area (TPSA) is 62.3 Å². The molecule has 0 saturated carbocycles. The molecule has 1 rings (SSSR count). The van der Waals surface area contributed by atoms with Crippen molar-refractivity contribution in [2.75, 3.05) is 26.2 Å². The van der Waals surface area contributed by atoms with Gasteiger partial charge in [-0.3, -0.25) is 4.98 Å². The highest BCUT2D eigenvalue weighted by Gasteiger charge is 2.14. The summed E-state index contributed by atoms with van der Waals surface area (Å²) in [5, 5.41) is 0. The highest BCUT2D eigenvalue weighted by Crippen LogP contribution is 2.13. The van der Waals surface area contributed by atoms with Gasteiger partial charge in [0.2, 0.25) is 10.0 Å². The highest BCUT2D eigenvalue weighted by molar-refractivity contribution is 9.10. The first-order chi connectivity index (χ1) is 8.49. The van der Waals surface area contributed by atoms with Crippen LogP contribution in [0, 0.1) is 0 Å². The molecule has 102 valence electrons. The van der Waals surface area contributed by atoms with E-state index in [1.54, 1.807) is 6.20 Å². The number of rotatable bonds is 7. The minimum Gasteiger partial charge on any atom is -0.303 e. The molecule has 18 heavy (non-hydrogen) atoms. The Labute approximate surface area is 117 Å². The van der Waals surface area contributed by atoms with Gasteiger partial charge in [-0.1, -0.05) is 13.8 Å². The minimum atomic E-state index is -3.46. The van der Waals surface area contributed by atoms with E-state index in [4.69, 9.17) is 0 Å². The van der Waals surface area contributed by atoms with Gasteiger partial charge in [0.15, 0.2) is 0 Å². The van der Waals surface area contributed by atoms with E-state index in [0.29, 0.717) is 17.6 Å². The van der Waals surface area contributed by atoms with Gasteiger partial charge in [0, 0.05) is 30.0 Å². The second-order valence-corrected chi connectivity index (χ2v) is 6.45. The SMILES string of the molecule is CCN(CC)CCNS(=O)(=O)c1cncc(Br)c1. The second-order valence-electron chi connectivity index (χ2n) is 3.76. The van der Waals surface area contributed by atoms with Gasteiger partial charge in [0.1, 0.15) is 4.90 Å². The van der Waals surface area contributed by atoms with E-state index in [2.05, 4.69) is 44.4 Å². The first kappa shape index (κ1) is 15.6. The quantitative estimate of drug-likeness (QED) is 0.819. The van der Waals surface area contributed by atoms with Crippen molar-refractivity contribution in [2.24, 2.45) is 0 Å². The minimum absolute atomic E-state index is 0.177. The largest absolute Gasteiger partial charge is 0.303 e. The fourth-order valence-corrected chi connectivity index (χ4v) is 3.03. The Morgan fingerprint density at radius 1 is 1.33 bits per heavy atom. The Bertz CT molecular complexity index is 475. The normalized spacial score (nSPS) is 12.0. The maximum atomic E-state index is 12.0. The molecular weight excluding hydrogens is 318 g/mol. The molecule has 0 fully saturated rings. The fraction of sp³-hybridized carbons (Fsp3) is 0.545. The van der Waals surface area contributed by atoms with Gasteiger partial charge in [-0.25, -0.2) is 13.1 Å². The number of sulfonamides is 1. The molecule has 1 aromatic heterocycles. The average Bonchev–Trinajstić information content (AvgIpc) is 2.34. The summed E-state index contributed by atoms with van der Waals surface area (Å²) in [5.41, 5.74) is 0. The Hall–Kier alpha value is -0.500. The van der Waals surface area contributed by atoms with Gasteiger partial charge in [-0.05, 0) is 35.1 Å². The maximum Gasteiger partial charge on any atom is 0.242 e. The van der Waals surface area contributed by atoms with Crippen LogP contribution in [0.25, 0.3) is 0 Å². The van der Waals surface area contributed by atoms with Crippen molar-refractivity contribution >= 4 is 26.0 Å². The van der Waals surface area contributed by atoms with Gasteiger partial charge in [-0.2, -0.15) is 0 Å². The molecule has 0 amide bonds. The Morgan fingerprint density at radius 2 is 2.00 bits per heavy atom. The summed E-state index contributed by atoms with van der Waals surface area (Å²) < 4.78 is 27.1. The molecule has 0 radical (unpaired) electrons. The van der Waals surface area contributed by atoms with E-state index >= 15 is 0 Å². The number of nitrogens with zero attached hydrogens (tertiary/aromatic N) is 2. The zero-order chi connectivity index (χ0) is 13.6. The number of hydrogen-bond donors (Lipinski definition) is 1.